The van der Waals surface area contributed by atoms with Crippen molar-refractivity contribution in [3.63, 3.8) is 0 Å². The summed E-state index contributed by atoms with van der Waals surface area (Å²) in [4.78, 5) is 19.7. The number of rotatable bonds is 5. The second kappa shape index (κ2) is 9.78. The molecule has 0 spiro atoms. The van der Waals surface area contributed by atoms with Gasteiger partial charge in [-0.3, -0.25) is 14.5 Å². The fourth-order valence-corrected chi connectivity index (χ4v) is 5.02. The number of piperidine rings is 1. The molecule has 184 valence electrons. The zero-order valence-corrected chi connectivity index (χ0v) is 20.3. The number of nitrogens with zero attached hydrogens (tertiary/aromatic N) is 4. The monoisotopic (exact) mass is 489 g/mol. The maximum Gasteiger partial charge on any atom is 0.253 e. The largest absolute Gasteiger partial charge is 0.457 e. The lowest BCUT2D eigenvalue weighted by Gasteiger charge is -2.33. The van der Waals surface area contributed by atoms with Crippen molar-refractivity contribution >= 4 is 22.6 Å². The second-order valence-electron chi connectivity index (χ2n) is 9.24. The number of carbonyl (C=O) groups excluding carboxylic acids is 1. The lowest BCUT2D eigenvalue weighted by atomic mass is 10.0. The zero-order chi connectivity index (χ0) is 25.2. The summed E-state index contributed by atoms with van der Waals surface area (Å²) < 4.78 is 7.91. The first-order valence-corrected chi connectivity index (χ1v) is 12.5. The maximum atomic E-state index is 13.1. The predicted octanol–water partition coefficient (Wildman–Crippen LogP) is 5.95. The van der Waals surface area contributed by atoms with Crippen molar-refractivity contribution in [2.45, 2.75) is 18.9 Å². The van der Waals surface area contributed by atoms with Crippen molar-refractivity contribution in [2.75, 3.05) is 18.8 Å². The Bertz CT molecular complexity index is 1530. The van der Waals surface area contributed by atoms with Crippen molar-refractivity contribution in [3.8, 4) is 22.8 Å². The molecular weight excluding hydrogens is 462 g/mol. The van der Waals surface area contributed by atoms with E-state index >= 15 is 0 Å². The number of aromatic nitrogens is 3. The van der Waals surface area contributed by atoms with Crippen molar-refractivity contribution in [1.29, 1.82) is 0 Å². The number of pyridine rings is 1. The summed E-state index contributed by atoms with van der Waals surface area (Å²) in [6.07, 6.45) is 3.63. The molecular formula is C30H27N5O2. The van der Waals surface area contributed by atoms with Gasteiger partial charge in [-0.05, 0) is 67.4 Å². The lowest BCUT2D eigenvalue weighted by Crippen LogP contribution is -2.41. The molecule has 1 saturated heterocycles. The summed E-state index contributed by atoms with van der Waals surface area (Å²) >= 11 is 0. The number of nitrogen functional groups attached to an aromatic ring is 1. The summed E-state index contributed by atoms with van der Waals surface area (Å²) in [7, 11) is 0. The number of likely N-dealkylation sites (tertiary alicyclic amines) is 1. The molecule has 5 aromatic rings. The first kappa shape index (κ1) is 22.8. The highest BCUT2D eigenvalue weighted by Crippen LogP contribution is 2.35. The highest BCUT2D eigenvalue weighted by molar-refractivity contribution is 6.00. The summed E-state index contributed by atoms with van der Waals surface area (Å²) in [6, 6.07) is 28.9. The average Bonchev–Trinajstić information content (AvgIpc) is 3.31. The minimum absolute atomic E-state index is 0.0399. The number of carbonyl (C=O) groups is 1. The van der Waals surface area contributed by atoms with E-state index in [0.29, 0.717) is 17.9 Å². The molecule has 1 fully saturated rings. The normalized spacial score (nSPS) is 15.6. The smallest absolute Gasteiger partial charge is 0.253 e. The Kier molecular flexibility index (Phi) is 6.02. The fourth-order valence-electron chi connectivity index (χ4n) is 5.02. The second-order valence-corrected chi connectivity index (χ2v) is 9.24. The number of hydrogen-bond acceptors (Lipinski definition) is 5. The topological polar surface area (TPSA) is 86.3 Å². The number of para-hydroxylation sites is 1. The third-order valence-corrected chi connectivity index (χ3v) is 6.80. The van der Waals surface area contributed by atoms with E-state index in [2.05, 4.69) is 4.98 Å². The molecule has 1 atom stereocenters. The number of fused-ring (bicyclic) bond motifs is 1. The number of anilines is 1. The van der Waals surface area contributed by atoms with Crippen LogP contribution in [0.3, 0.4) is 0 Å². The van der Waals surface area contributed by atoms with Gasteiger partial charge in [-0.15, -0.1) is 0 Å². The van der Waals surface area contributed by atoms with E-state index < -0.39 is 0 Å². The quantitative estimate of drug-likeness (QED) is 0.330. The molecule has 0 saturated carbocycles. The first-order chi connectivity index (χ1) is 18.2. The van der Waals surface area contributed by atoms with Gasteiger partial charge in [0.1, 0.15) is 11.5 Å². The van der Waals surface area contributed by atoms with Crippen molar-refractivity contribution in [3.05, 3.63) is 103 Å². The van der Waals surface area contributed by atoms with Gasteiger partial charge in [0.15, 0.2) is 5.82 Å². The molecule has 7 nitrogen and oxygen atoms in total. The molecule has 2 N–H and O–H groups in total. The van der Waals surface area contributed by atoms with Gasteiger partial charge in [-0.1, -0.05) is 36.4 Å². The van der Waals surface area contributed by atoms with Crippen LogP contribution in [0.5, 0.6) is 11.5 Å². The molecule has 3 aromatic carbocycles. The van der Waals surface area contributed by atoms with E-state index in [9.17, 15) is 4.79 Å². The maximum absolute atomic E-state index is 13.1. The van der Waals surface area contributed by atoms with Crippen LogP contribution >= 0.6 is 0 Å². The Morgan fingerprint density at radius 2 is 1.59 bits per heavy atom. The van der Waals surface area contributed by atoms with Gasteiger partial charge >= 0.3 is 0 Å². The third-order valence-electron chi connectivity index (χ3n) is 6.80. The van der Waals surface area contributed by atoms with Crippen molar-refractivity contribution in [2.24, 2.45) is 0 Å². The number of benzene rings is 3. The van der Waals surface area contributed by atoms with E-state index in [1.165, 1.54) is 0 Å². The SMILES string of the molecule is Nc1nn(C2CCCN(C(=O)c3ccccc3)C2)c2ccnc(-c3ccc(Oc4ccccc4)cc3)c12. The van der Waals surface area contributed by atoms with E-state index in [1.807, 2.05) is 101 Å². The zero-order valence-electron chi connectivity index (χ0n) is 20.3. The highest BCUT2D eigenvalue weighted by Gasteiger charge is 2.28. The van der Waals surface area contributed by atoms with Crippen LogP contribution in [-0.2, 0) is 0 Å². The van der Waals surface area contributed by atoms with Crippen LogP contribution in [0.25, 0.3) is 22.2 Å². The lowest BCUT2D eigenvalue weighted by molar-refractivity contribution is 0.0675. The third kappa shape index (κ3) is 4.51. The molecule has 1 unspecified atom stereocenters. The molecule has 1 amide bonds. The summed E-state index contributed by atoms with van der Waals surface area (Å²) in [5, 5.41) is 5.56. The van der Waals surface area contributed by atoms with Crippen molar-refractivity contribution < 1.29 is 9.53 Å². The Morgan fingerprint density at radius 1 is 0.892 bits per heavy atom. The number of amides is 1. The van der Waals surface area contributed by atoms with Crippen LogP contribution in [0.15, 0.2) is 97.2 Å². The predicted molar refractivity (Wildman–Crippen MR) is 145 cm³/mol. The molecule has 0 bridgehead atoms. The number of hydrogen-bond donors (Lipinski definition) is 1. The highest BCUT2D eigenvalue weighted by atomic mass is 16.5. The Balaban J connectivity index is 1.28. The molecule has 3 heterocycles. The van der Waals surface area contributed by atoms with Gasteiger partial charge < -0.3 is 15.4 Å². The van der Waals surface area contributed by atoms with E-state index in [-0.39, 0.29) is 11.9 Å². The van der Waals surface area contributed by atoms with Crippen LogP contribution in [0.4, 0.5) is 5.82 Å². The van der Waals surface area contributed by atoms with Crippen LogP contribution in [0.2, 0.25) is 0 Å². The first-order valence-electron chi connectivity index (χ1n) is 12.5. The molecule has 2 aromatic heterocycles. The van der Waals surface area contributed by atoms with Gasteiger partial charge in [0.05, 0.1) is 22.6 Å². The van der Waals surface area contributed by atoms with Crippen LogP contribution < -0.4 is 10.5 Å². The van der Waals surface area contributed by atoms with Gasteiger partial charge in [-0.25, -0.2) is 0 Å². The minimum Gasteiger partial charge on any atom is -0.457 e. The van der Waals surface area contributed by atoms with E-state index in [4.69, 9.17) is 15.6 Å². The van der Waals surface area contributed by atoms with Gasteiger partial charge in [-0.2, -0.15) is 5.10 Å². The summed E-state index contributed by atoms with van der Waals surface area (Å²) in [5.74, 6) is 2.02. The van der Waals surface area contributed by atoms with Crippen molar-refractivity contribution in [1.82, 2.24) is 19.7 Å². The van der Waals surface area contributed by atoms with Gasteiger partial charge in [0.25, 0.3) is 5.91 Å². The van der Waals surface area contributed by atoms with E-state index in [0.717, 1.165) is 53.0 Å². The van der Waals surface area contributed by atoms with E-state index in [1.54, 1.807) is 6.20 Å². The number of nitrogens with two attached hydrogens (primary N) is 1. The molecule has 6 rings (SSSR count). The Morgan fingerprint density at radius 3 is 2.35 bits per heavy atom. The van der Waals surface area contributed by atoms with Crippen LogP contribution in [0.1, 0.15) is 29.2 Å². The standard InChI is InChI=1S/C30H27N5O2/c31-29-27-26(35(33-29)23-10-7-19-34(20-23)30(36)22-8-3-1-4-9-22)17-18-32-28(27)21-13-15-25(16-14-21)37-24-11-5-2-6-12-24/h1-6,8-9,11-18,23H,7,10,19-20H2,(H2,31,33). The molecule has 1 aliphatic heterocycles. The molecule has 0 aliphatic carbocycles. The van der Waals surface area contributed by atoms with Crippen LogP contribution in [-0.4, -0.2) is 38.7 Å². The van der Waals surface area contributed by atoms with Crippen LogP contribution in [0, 0.1) is 0 Å². The fraction of sp³-hybridized carbons (Fsp3) is 0.167. The molecule has 1 aliphatic rings. The van der Waals surface area contributed by atoms with Gasteiger partial charge in [0.2, 0.25) is 0 Å². The van der Waals surface area contributed by atoms with Gasteiger partial charge in [0, 0.05) is 30.4 Å². The summed E-state index contributed by atoms with van der Waals surface area (Å²) in [5.41, 5.74) is 9.80. The average molecular weight is 490 g/mol. The molecule has 37 heavy (non-hydrogen) atoms. The Hall–Kier alpha value is -4.65. The minimum atomic E-state index is 0.0399. The number of ether oxygens (including phenoxy) is 1. The molecule has 7 heteroatoms. The molecule has 0 radical (unpaired) electrons. The Labute approximate surface area is 215 Å². The summed E-state index contributed by atoms with van der Waals surface area (Å²) in [6.45, 7) is 1.33.